The van der Waals surface area contributed by atoms with Crippen molar-refractivity contribution in [3.63, 3.8) is 0 Å². The summed E-state index contributed by atoms with van der Waals surface area (Å²) in [4.78, 5) is 0. The molecule has 2 aromatic rings. The highest BCUT2D eigenvalue weighted by Crippen LogP contribution is 2.37. The first-order valence-corrected chi connectivity index (χ1v) is 11.5. The molecule has 0 saturated heterocycles. The first-order valence-electron chi connectivity index (χ1n) is 9.86. The summed E-state index contributed by atoms with van der Waals surface area (Å²) >= 11 is 0. The molecule has 2 aromatic carbocycles. The van der Waals surface area contributed by atoms with Crippen LogP contribution in [0.2, 0.25) is 0 Å². The summed E-state index contributed by atoms with van der Waals surface area (Å²) in [5, 5.41) is 0. The lowest BCUT2D eigenvalue weighted by Crippen LogP contribution is -2.54. The average molecular weight is 470 g/mol. The normalized spacial score (nSPS) is 18.8. The van der Waals surface area contributed by atoms with E-state index in [1.54, 1.807) is 30.3 Å². The van der Waals surface area contributed by atoms with Gasteiger partial charge in [0.25, 0.3) is 0 Å². The number of alkyl halides is 3. The molecule has 1 unspecified atom stereocenters. The maximum Gasteiger partial charge on any atom is 0.408 e. The van der Waals surface area contributed by atoms with Crippen molar-refractivity contribution < 1.29 is 31.1 Å². The van der Waals surface area contributed by atoms with Gasteiger partial charge in [-0.3, -0.25) is 0 Å². The Morgan fingerprint density at radius 1 is 1.06 bits per heavy atom. The van der Waals surface area contributed by atoms with Crippen molar-refractivity contribution in [1.82, 2.24) is 3.89 Å². The quantitative estimate of drug-likeness (QED) is 0.577. The zero-order valence-electron chi connectivity index (χ0n) is 17.4. The highest BCUT2D eigenvalue weighted by molar-refractivity contribution is 7.91. The maximum atomic E-state index is 13.1. The van der Waals surface area contributed by atoms with Crippen LogP contribution < -0.4 is 19.1 Å². The Hall–Kier alpha value is -2.82. The fraction of sp³-hybridized carbons (Fsp3) is 0.273. The second-order valence-corrected chi connectivity index (χ2v) is 9.21. The third-order valence-electron chi connectivity index (χ3n) is 4.81. The second-order valence-electron chi connectivity index (χ2n) is 7.11. The smallest absolute Gasteiger partial charge is 0.408 e. The lowest BCUT2D eigenvalue weighted by molar-refractivity contribution is -0.106. The van der Waals surface area contributed by atoms with E-state index in [1.807, 2.05) is 6.92 Å². The molecular weight excluding hydrogens is 445 g/mol. The molecule has 0 amide bonds. The molecule has 6 nitrogen and oxygen atoms in total. The van der Waals surface area contributed by atoms with Gasteiger partial charge in [-0.05, 0) is 37.3 Å². The van der Waals surface area contributed by atoms with Crippen molar-refractivity contribution >= 4 is 15.7 Å². The molecule has 172 valence electrons. The summed E-state index contributed by atoms with van der Waals surface area (Å²) in [5.41, 5.74) is 6.22. The van der Waals surface area contributed by atoms with Gasteiger partial charge in [-0.15, -0.1) is 0 Å². The molecule has 0 aromatic heterocycles. The van der Waals surface area contributed by atoms with Gasteiger partial charge in [0.05, 0.1) is 6.61 Å². The zero-order valence-corrected chi connectivity index (χ0v) is 18.2. The van der Waals surface area contributed by atoms with Crippen LogP contribution in [0.15, 0.2) is 72.5 Å². The Morgan fingerprint density at radius 3 is 2.31 bits per heavy atom. The predicted octanol–water partition coefficient (Wildman–Crippen LogP) is 4.49. The van der Waals surface area contributed by atoms with Crippen LogP contribution in [0.3, 0.4) is 0 Å². The fourth-order valence-corrected chi connectivity index (χ4v) is 5.10. The number of hydrogen-bond donors (Lipinski definition) is 1. The molecule has 1 atom stereocenters. The highest BCUT2D eigenvalue weighted by atomic mass is 32.2. The number of sulfonamides is 1. The molecule has 3 rings (SSSR count). The van der Waals surface area contributed by atoms with Crippen molar-refractivity contribution in [2.24, 2.45) is 5.73 Å². The minimum absolute atomic E-state index is 0.00650. The second kappa shape index (κ2) is 9.35. The standard InChI is InChI=1S/C22H24F3N2O4S/c1-2-30-20-7-3-4-8-21(20)31-19-11-9-18(10-12-19)27(13-5-6-17(14-26)15-27)32(28,29)16-22(23,24)25/h3-12,15H,2,13-14,16,26H2,1H3/q+1. The first kappa shape index (κ1) is 23.8. The molecule has 0 spiro atoms. The number of rotatable bonds is 8. The van der Waals surface area contributed by atoms with E-state index >= 15 is 0 Å². The number of hydrogen-bond acceptors (Lipinski definition) is 5. The van der Waals surface area contributed by atoms with Gasteiger partial charge in [0.1, 0.15) is 18.5 Å². The lowest BCUT2D eigenvalue weighted by atomic mass is 10.2. The molecule has 0 saturated carbocycles. The molecule has 1 aliphatic heterocycles. The van der Waals surface area contributed by atoms with Gasteiger partial charge in [0.2, 0.25) is 0 Å². The number of ether oxygens (including phenoxy) is 2. The first-order chi connectivity index (χ1) is 15.1. The molecule has 1 heterocycles. The largest absolute Gasteiger partial charge is 0.490 e. The van der Waals surface area contributed by atoms with E-state index in [0.29, 0.717) is 29.4 Å². The van der Waals surface area contributed by atoms with Crippen molar-refractivity contribution in [3.05, 3.63) is 72.5 Å². The summed E-state index contributed by atoms with van der Waals surface area (Å²) in [6, 6.07) is 12.9. The zero-order chi connectivity index (χ0) is 23.4. The third kappa shape index (κ3) is 5.14. The fourth-order valence-electron chi connectivity index (χ4n) is 3.40. The number of benzene rings is 2. The Morgan fingerprint density at radius 2 is 1.72 bits per heavy atom. The summed E-state index contributed by atoms with van der Waals surface area (Å²) < 4.78 is 75.6. The number of nitrogens with zero attached hydrogens (tertiary/aromatic N) is 1. The minimum atomic E-state index is -4.88. The molecule has 0 aliphatic carbocycles. The van der Waals surface area contributed by atoms with Gasteiger partial charge in [0.15, 0.2) is 22.9 Å². The van der Waals surface area contributed by atoms with Crippen LogP contribution in [0, 0.1) is 0 Å². The molecule has 32 heavy (non-hydrogen) atoms. The van der Waals surface area contributed by atoms with E-state index in [2.05, 4.69) is 0 Å². The summed E-state index contributed by atoms with van der Waals surface area (Å²) in [6.45, 7) is 2.09. The van der Waals surface area contributed by atoms with Crippen LogP contribution in [-0.2, 0) is 10.0 Å². The van der Waals surface area contributed by atoms with Gasteiger partial charge < -0.3 is 15.2 Å². The topological polar surface area (TPSA) is 78.6 Å². The van der Waals surface area contributed by atoms with Gasteiger partial charge in [0, 0.05) is 24.3 Å². The number of nitrogens with two attached hydrogens (primary N) is 1. The van der Waals surface area contributed by atoms with Gasteiger partial charge in [-0.2, -0.15) is 25.5 Å². The van der Waals surface area contributed by atoms with E-state index in [9.17, 15) is 21.6 Å². The van der Waals surface area contributed by atoms with Gasteiger partial charge >= 0.3 is 16.2 Å². The van der Waals surface area contributed by atoms with Crippen LogP contribution in [-0.4, -0.2) is 40.0 Å². The summed E-state index contributed by atoms with van der Waals surface area (Å²) in [5.74, 6) is -0.584. The molecule has 10 heteroatoms. The van der Waals surface area contributed by atoms with Crippen LogP contribution in [0.25, 0.3) is 0 Å². The number of para-hydroxylation sites is 2. The Bertz CT molecular complexity index is 1110. The molecule has 1 aliphatic rings. The molecule has 0 fully saturated rings. The predicted molar refractivity (Wildman–Crippen MR) is 117 cm³/mol. The van der Waals surface area contributed by atoms with E-state index in [0.717, 1.165) is 0 Å². The third-order valence-corrected chi connectivity index (χ3v) is 6.96. The number of quaternary nitrogens is 1. The highest BCUT2D eigenvalue weighted by Gasteiger charge is 2.50. The van der Waals surface area contributed by atoms with Crippen molar-refractivity contribution in [1.29, 1.82) is 0 Å². The SMILES string of the molecule is CCOc1ccccc1Oc1ccc([N+]2(S(=O)(=O)CC(F)(F)F)C=C(CN)C=CC2)cc1. The number of halogens is 3. The summed E-state index contributed by atoms with van der Waals surface area (Å²) in [6.07, 6.45) is -0.490. The monoisotopic (exact) mass is 469 g/mol. The average Bonchev–Trinajstić information content (AvgIpc) is 2.74. The Kier molecular flexibility index (Phi) is 6.97. The summed E-state index contributed by atoms with van der Waals surface area (Å²) in [7, 11) is -4.72. The Balaban J connectivity index is 1.99. The maximum absolute atomic E-state index is 13.1. The van der Waals surface area contributed by atoms with Crippen molar-refractivity contribution in [2.45, 2.75) is 13.1 Å². The molecular formula is C22H24F3N2O4S+. The van der Waals surface area contributed by atoms with Crippen molar-refractivity contribution in [3.8, 4) is 17.2 Å². The minimum Gasteiger partial charge on any atom is -0.490 e. The van der Waals surface area contributed by atoms with E-state index in [1.165, 1.54) is 36.5 Å². The van der Waals surface area contributed by atoms with Crippen LogP contribution in [0.5, 0.6) is 17.2 Å². The Labute approximate surface area is 185 Å². The van der Waals surface area contributed by atoms with Gasteiger partial charge in [-0.25, -0.2) is 0 Å². The van der Waals surface area contributed by atoms with Crippen molar-refractivity contribution in [2.75, 3.05) is 25.4 Å². The molecule has 0 radical (unpaired) electrons. The van der Waals surface area contributed by atoms with Crippen LogP contribution >= 0.6 is 0 Å². The van der Waals surface area contributed by atoms with E-state index in [4.69, 9.17) is 15.2 Å². The van der Waals surface area contributed by atoms with E-state index in [-0.39, 0.29) is 18.8 Å². The van der Waals surface area contributed by atoms with Gasteiger partial charge in [-0.1, -0.05) is 18.2 Å². The molecule has 2 N–H and O–H groups in total. The van der Waals surface area contributed by atoms with Crippen LogP contribution in [0.4, 0.5) is 18.9 Å². The molecule has 0 bridgehead atoms. The lowest BCUT2D eigenvalue weighted by Gasteiger charge is -2.34. The van der Waals surface area contributed by atoms with Crippen LogP contribution in [0.1, 0.15) is 6.92 Å². The van der Waals surface area contributed by atoms with E-state index < -0.39 is 25.8 Å².